The number of sulfonamides is 2. The minimum atomic E-state index is -4.19. The maximum Gasteiger partial charge on any atom is 0.264 e. The number of hydrogen-bond donors (Lipinski definition) is 1. The van der Waals surface area contributed by atoms with E-state index < -0.39 is 32.5 Å². The topological polar surface area (TPSA) is 104 Å². The third-order valence-electron chi connectivity index (χ3n) is 6.41. The van der Waals surface area contributed by atoms with Crippen LogP contribution in [-0.4, -0.2) is 46.7 Å². The van der Waals surface area contributed by atoms with Crippen LogP contribution in [0.5, 0.6) is 0 Å². The number of carbonyl (C=O) groups excluding carboxylic acids is 1. The van der Waals surface area contributed by atoms with Crippen molar-refractivity contribution in [2.24, 2.45) is 0 Å². The van der Waals surface area contributed by atoms with Crippen molar-refractivity contribution in [3.8, 4) is 0 Å². The molecule has 0 spiro atoms. The number of nitrogens with zero attached hydrogens (tertiary/aromatic N) is 2. The highest BCUT2D eigenvalue weighted by molar-refractivity contribution is 7.93. The fourth-order valence-corrected chi connectivity index (χ4v) is 7.67. The number of amides is 1. The molecule has 3 aromatic carbocycles. The van der Waals surface area contributed by atoms with Gasteiger partial charge in [0.05, 0.1) is 20.5 Å². The van der Waals surface area contributed by atoms with Crippen molar-refractivity contribution in [3.05, 3.63) is 82.3 Å². The zero-order valence-electron chi connectivity index (χ0n) is 21.3. The standard InChI is InChI=1S/C27H29Cl2N3O5S2/c1-20-6-11-24(12-7-20)39(36,37)32(26-18-21(28)8-15-25(26)29)19-27(33)30-22-9-13-23(14-10-22)38(34,35)31-16-4-2-3-5-17-31/h6-15,18H,2-5,16-17,19H2,1H3,(H,30,33). The van der Waals surface area contributed by atoms with Gasteiger partial charge in [0, 0.05) is 23.8 Å². The molecule has 8 nitrogen and oxygen atoms in total. The lowest BCUT2D eigenvalue weighted by atomic mass is 10.2. The average Bonchev–Trinajstić information content (AvgIpc) is 3.20. The molecule has 0 atom stereocenters. The minimum absolute atomic E-state index is 0.0139. The van der Waals surface area contributed by atoms with Crippen molar-refractivity contribution in [1.82, 2.24) is 4.31 Å². The van der Waals surface area contributed by atoms with E-state index >= 15 is 0 Å². The molecular weight excluding hydrogens is 581 g/mol. The Labute approximate surface area is 239 Å². The summed E-state index contributed by atoms with van der Waals surface area (Å²) < 4.78 is 55.7. The molecule has 1 amide bonds. The van der Waals surface area contributed by atoms with E-state index in [4.69, 9.17) is 23.2 Å². The third-order valence-corrected chi connectivity index (χ3v) is 10.7. The minimum Gasteiger partial charge on any atom is -0.325 e. The van der Waals surface area contributed by atoms with E-state index in [0.717, 1.165) is 35.6 Å². The molecule has 12 heteroatoms. The number of nitrogens with one attached hydrogen (secondary N) is 1. The second-order valence-electron chi connectivity index (χ2n) is 9.31. The zero-order valence-corrected chi connectivity index (χ0v) is 24.5. The van der Waals surface area contributed by atoms with Crippen LogP contribution in [0, 0.1) is 6.92 Å². The molecule has 0 aromatic heterocycles. The normalized spacial score (nSPS) is 14.9. The van der Waals surface area contributed by atoms with Gasteiger partial charge < -0.3 is 5.32 Å². The van der Waals surface area contributed by atoms with Gasteiger partial charge in [0.2, 0.25) is 15.9 Å². The smallest absolute Gasteiger partial charge is 0.264 e. The SMILES string of the molecule is Cc1ccc(S(=O)(=O)N(CC(=O)Nc2ccc(S(=O)(=O)N3CCCCCC3)cc2)c2cc(Cl)ccc2Cl)cc1. The molecule has 1 heterocycles. The van der Waals surface area contributed by atoms with Gasteiger partial charge in [-0.05, 0) is 74.4 Å². The van der Waals surface area contributed by atoms with Crippen molar-refractivity contribution >= 4 is 60.5 Å². The first-order chi connectivity index (χ1) is 18.5. The average molecular weight is 611 g/mol. The second kappa shape index (κ2) is 12.3. The Balaban J connectivity index is 1.57. The van der Waals surface area contributed by atoms with Crippen LogP contribution < -0.4 is 9.62 Å². The summed E-state index contributed by atoms with van der Waals surface area (Å²) in [5, 5.41) is 3.00. The fraction of sp³-hybridized carbons (Fsp3) is 0.296. The molecule has 0 bridgehead atoms. The molecule has 1 fully saturated rings. The number of halogens is 2. The molecule has 0 unspecified atom stereocenters. The van der Waals surface area contributed by atoms with E-state index in [9.17, 15) is 21.6 Å². The highest BCUT2D eigenvalue weighted by Crippen LogP contribution is 2.33. The van der Waals surface area contributed by atoms with Crippen LogP contribution >= 0.6 is 23.2 Å². The monoisotopic (exact) mass is 609 g/mol. The van der Waals surface area contributed by atoms with Crippen LogP contribution in [0.3, 0.4) is 0 Å². The van der Waals surface area contributed by atoms with E-state index in [2.05, 4.69) is 5.32 Å². The second-order valence-corrected chi connectivity index (χ2v) is 14.0. The Bertz CT molecular complexity index is 1540. The number of rotatable bonds is 8. The van der Waals surface area contributed by atoms with Crippen LogP contribution in [-0.2, 0) is 24.8 Å². The molecule has 1 N–H and O–H groups in total. The van der Waals surface area contributed by atoms with E-state index in [1.54, 1.807) is 12.1 Å². The summed E-state index contributed by atoms with van der Waals surface area (Å²) in [5.74, 6) is -0.648. The Kier molecular flexibility index (Phi) is 9.23. The number of anilines is 2. The number of aryl methyl sites for hydroxylation is 1. The summed E-state index contributed by atoms with van der Waals surface area (Å²) >= 11 is 12.5. The summed E-state index contributed by atoms with van der Waals surface area (Å²) in [6.07, 6.45) is 3.67. The van der Waals surface area contributed by atoms with Gasteiger partial charge in [-0.3, -0.25) is 9.10 Å². The van der Waals surface area contributed by atoms with E-state index in [0.29, 0.717) is 18.8 Å². The molecule has 1 saturated heterocycles. The van der Waals surface area contributed by atoms with Gasteiger partial charge >= 0.3 is 0 Å². The lowest BCUT2D eigenvalue weighted by Crippen LogP contribution is -2.38. The summed E-state index contributed by atoms with van der Waals surface area (Å²) in [5.41, 5.74) is 1.25. The predicted molar refractivity (Wildman–Crippen MR) is 154 cm³/mol. The van der Waals surface area contributed by atoms with Crippen LogP contribution in [0.1, 0.15) is 31.2 Å². The highest BCUT2D eigenvalue weighted by Gasteiger charge is 2.29. The molecule has 0 aliphatic carbocycles. The quantitative estimate of drug-likeness (QED) is 0.353. The van der Waals surface area contributed by atoms with E-state index in [1.165, 1.54) is 58.9 Å². The van der Waals surface area contributed by atoms with Gasteiger partial charge in [0.25, 0.3) is 10.0 Å². The molecule has 3 aromatic rings. The Hall–Kier alpha value is -2.63. The Morgan fingerprint density at radius 2 is 1.44 bits per heavy atom. The summed E-state index contributed by atoms with van der Waals surface area (Å²) in [4.78, 5) is 13.2. The number of carbonyl (C=O) groups is 1. The summed E-state index contributed by atoms with van der Waals surface area (Å²) in [7, 11) is -7.84. The Morgan fingerprint density at radius 1 is 0.846 bits per heavy atom. The van der Waals surface area contributed by atoms with Crippen molar-refractivity contribution in [1.29, 1.82) is 0 Å². The highest BCUT2D eigenvalue weighted by atomic mass is 35.5. The lowest BCUT2D eigenvalue weighted by Gasteiger charge is -2.25. The Morgan fingerprint density at radius 3 is 2.05 bits per heavy atom. The molecule has 39 heavy (non-hydrogen) atoms. The van der Waals surface area contributed by atoms with Crippen LogP contribution in [0.4, 0.5) is 11.4 Å². The van der Waals surface area contributed by atoms with Gasteiger partial charge in [-0.15, -0.1) is 0 Å². The van der Waals surface area contributed by atoms with Crippen molar-refractivity contribution in [2.75, 3.05) is 29.3 Å². The van der Waals surface area contributed by atoms with Crippen molar-refractivity contribution < 1.29 is 21.6 Å². The van der Waals surface area contributed by atoms with Crippen LogP contribution in [0.25, 0.3) is 0 Å². The van der Waals surface area contributed by atoms with Crippen LogP contribution in [0.15, 0.2) is 76.5 Å². The maximum atomic E-state index is 13.6. The van der Waals surface area contributed by atoms with Gasteiger partial charge in [0.1, 0.15) is 6.54 Å². The molecular formula is C27H29Cl2N3O5S2. The molecule has 4 rings (SSSR count). The van der Waals surface area contributed by atoms with Gasteiger partial charge in [-0.1, -0.05) is 53.7 Å². The predicted octanol–water partition coefficient (Wildman–Crippen LogP) is 5.70. The maximum absolute atomic E-state index is 13.6. The molecule has 1 aliphatic heterocycles. The van der Waals surface area contributed by atoms with Crippen LogP contribution in [0.2, 0.25) is 10.0 Å². The van der Waals surface area contributed by atoms with Gasteiger partial charge in [0.15, 0.2) is 0 Å². The van der Waals surface area contributed by atoms with Crippen molar-refractivity contribution in [2.45, 2.75) is 42.4 Å². The first-order valence-corrected chi connectivity index (χ1v) is 16.1. The lowest BCUT2D eigenvalue weighted by molar-refractivity contribution is -0.114. The molecule has 0 radical (unpaired) electrons. The van der Waals surface area contributed by atoms with Gasteiger partial charge in [-0.2, -0.15) is 4.31 Å². The third kappa shape index (κ3) is 6.93. The van der Waals surface area contributed by atoms with Crippen molar-refractivity contribution in [3.63, 3.8) is 0 Å². The largest absolute Gasteiger partial charge is 0.325 e. The van der Waals surface area contributed by atoms with E-state index in [-0.39, 0.29) is 25.5 Å². The number of benzene rings is 3. The van der Waals surface area contributed by atoms with Gasteiger partial charge in [-0.25, -0.2) is 16.8 Å². The first-order valence-electron chi connectivity index (χ1n) is 12.4. The molecule has 0 saturated carbocycles. The summed E-state index contributed by atoms with van der Waals surface area (Å²) in [6.45, 7) is 2.21. The summed E-state index contributed by atoms with van der Waals surface area (Å²) in [6, 6.07) is 16.4. The first kappa shape index (κ1) is 29.4. The number of hydrogen-bond acceptors (Lipinski definition) is 5. The molecule has 1 aliphatic rings. The van der Waals surface area contributed by atoms with E-state index in [1.807, 2.05) is 6.92 Å². The zero-order chi connectivity index (χ0) is 28.2. The fourth-order valence-electron chi connectivity index (χ4n) is 4.29. The molecule has 208 valence electrons.